The molecular weight excluding hydrogens is 184 g/mol. The lowest BCUT2D eigenvalue weighted by molar-refractivity contribution is -0.107. The molecule has 1 aliphatic carbocycles. The van der Waals surface area contributed by atoms with Gasteiger partial charge in [-0.3, -0.25) is 9.59 Å². The van der Waals surface area contributed by atoms with Gasteiger partial charge in [-0.15, -0.1) is 11.8 Å². The molecule has 0 amide bonds. The first-order valence-electron chi connectivity index (χ1n) is 4.01. The van der Waals surface area contributed by atoms with Gasteiger partial charge in [0.1, 0.15) is 12.6 Å². The topological polar surface area (TPSA) is 34.1 Å². The average Bonchev–Trinajstić information content (AvgIpc) is 2.62. The van der Waals surface area contributed by atoms with E-state index in [0.717, 1.165) is 12.6 Å². The Morgan fingerprint density at radius 2 is 1.85 bits per heavy atom. The number of fused-ring (bicyclic) bond motifs is 1. The largest absolute Gasteiger partial charge is 0.298 e. The Bertz CT molecular complexity index is 339. The average molecular weight is 192 g/mol. The van der Waals surface area contributed by atoms with Crippen molar-refractivity contribution in [1.82, 2.24) is 0 Å². The highest BCUT2D eigenvalue weighted by molar-refractivity contribution is 8.03. The van der Waals surface area contributed by atoms with Crippen LogP contribution < -0.4 is 0 Å². The van der Waals surface area contributed by atoms with Crippen molar-refractivity contribution in [3.63, 3.8) is 0 Å². The van der Waals surface area contributed by atoms with Crippen LogP contribution >= 0.6 is 11.8 Å². The maximum Gasteiger partial charge on any atom is 0.150 e. The van der Waals surface area contributed by atoms with E-state index in [0.29, 0.717) is 16.4 Å². The molecule has 0 saturated heterocycles. The number of carbonyl (C=O) groups is 2. The van der Waals surface area contributed by atoms with E-state index in [1.165, 1.54) is 0 Å². The van der Waals surface area contributed by atoms with Crippen LogP contribution in [-0.2, 0) is 9.59 Å². The maximum atomic E-state index is 10.6. The second kappa shape index (κ2) is 3.34. The number of aldehydes is 2. The Morgan fingerprint density at radius 3 is 2.54 bits per heavy atom. The van der Waals surface area contributed by atoms with Crippen LogP contribution in [0.15, 0.2) is 34.8 Å². The normalized spacial score (nSPS) is 30.5. The number of hydrogen-bond donors (Lipinski definition) is 0. The first-order valence-corrected chi connectivity index (χ1v) is 4.96. The molecule has 2 rings (SSSR count). The van der Waals surface area contributed by atoms with E-state index >= 15 is 0 Å². The standard InChI is InChI=1S/C10H8O2S/c11-5-8-3-7-1-2-13-10(7)4-9(8)6-12/h1-7,10H. The molecule has 13 heavy (non-hydrogen) atoms. The number of rotatable bonds is 2. The van der Waals surface area contributed by atoms with Crippen LogP contribution in [0.3, 0.4) is 0 Å². The minimum Gasteiger partial charge on any atom is -0.298 e. The molecule has 0 saturated carbocycles. The van der Waals surface area contributed by atoms with E-state index in [9.17, 15) is 9.59 Å². The third-order valence-electron chi connectivity index (χ3n) is 2.22. The highest BCUT2D eigenvalue weighted by Gasteiger charge is 2.25. The van der Waals surface area contributed by atoms with Crippen molar-refractivity contribution in [2.75, 3.05) is 0 Å². The predicted octanol–water partition coefficient (Wildman–Crippen LogP) is 1.50. The molecule has 1 heterocycles. The van der Waals surface area contributed by atoms with Crippen molar-refractivity contribution in [2.45, 2.75) is 5.25 Å². The molecule has 2 aliphatic rings. The van der Waals surface area contributed by atoms with Crippen LogP contribution in [0.25, 0.3) is 0 Å². The smallest absolute Gasteiger partial charge is 0.150 e. The van der Waals surface area contributed by atoms with Gasteiger partial charge >= 0.3 is 0 Å². The van der Waals surface area contributed by atoms with E-state index < -0.39 is 0 Å². The van der Waals surface area contributed by atoms with Gasteiger partial charge in [-0.25, -0.2) is 0 Å². The lowest BCUT2D eigenvalue weighted by Crippen LogP contribution is -2.14. The molecule has 2 nitrogen and oxygen atoms in total. The number of thioether (sulfide) groups is 1. The van der Waals surface area contributed by atoms with Crippen LogP contribution in [0.2, 0.25) is 0 Å². The summed E-state index contributed by atoms with van der Waals surface area (Å²) in [6, 6.07) is 0. The van der Waals surface area contributed by atoms with Crippen LogP contribution in [0.4, 0.5) is 0 Å². The van der Waals surface area contributed by atoms with Gasteiger partial charge in [-0.05, 0) is 5.41 Å². The summed E-state index contributed by atoms with van der Waals surface area (Å²) in [5, 5.41) is 2.32. The highest BCUT2D eigenvalue weighted by atomic mass is 32.2. The Kier molecular flexibility index (Phi) is 2.19. The third kappa shape index (κ3) is 1.40. The van der Waals surface area contributed by atoms with Crippen molar-refractivity contribution >= 4 is 24.3 Å². The first-order chi connectivity index (χ1) is 6.35. The van der Waals surface area contributed by atoms with Crippen molar-refractivity contribution in [2.24, 2.45) is 5.92 Å². The van der Waals surface area contributed by atoms with Gasteiger partial charge in [0.05, 0.1) is 0 Å². The predicted molar refractivity (Wildman–Crippen MR) is 52.3 cm³/mol. The van der Waals surface area contributed by atoms with E-state index in [1.807, 2.05) is 17.6 Å². The van der Waals surface area contributed by atoms with Gasteiger partial charge in [0.25, 0.3) is 0 Å². The Labute approximate surface area is 80.4 Å². The third-order valence-corrected chi connectivity index (χ3v) is 3.30. The summed E-state index contributed by atoms with van der Waals surface area (Å²) >= 11 is 1.68. The van der Waals surface area contributed by atoms with E-state index in [1.54, 1.807) is 11.8 Å². The van der Waals surface area contributed by atoms with Crippen molar-refractivity contribution in [1.29, 1.82) is 0 Å². The molecule has 3 heteroatoms. The van der Waals surface area contributed by atoms with Crippen LogP contribution in [0.5, 0.6) is 0 Å². The molecule has 0 aromatic heterocycles. The molecular formula is C10H8O2S. The summed E-state index contributed by atoms with van der Waals surface area (Å²) in [5.41, 5.74) is 1.04. The summed E-state index contributed by atoms with van der Waals surface area (Å²) in [7, 11) is 0. The molecule has 0 bridgehead atoms. The first kappa shape index (κ1) is 8.51. The van der Waals surface area contributed by atoms with Crippen LogP contribution in [-0.4, -0.2) is 17.8 Å². The number of carbonyl (C=O) groups excluding carboxylic acids is 2. The molecule has 2 atom stereocenters. The fourth-order valence-electron chi connectivity index (χ4n) is 1.52. The summed E-state index contributed by atoms with van der Waals surface area (Å²) < 4.78 is 0. The Morgan fingerprint density at radius 1 is 1.15 bits per heavy atom. The zero-order valence-electron chi connectivity index (χ0n) is 6.84. The number of hydrogen-bond acceptors (Lipinski definition) is 3. The Hall–Kier alpha value is -1.09. The van der Waals surface area contributed by atoms with Gasteiger partial charge in [0, 0.05) is 22.3 Å². The second-order valence-electron chi connectivity index (χ2n) is 2.99. The van der Waals surface area contributed by atoms with E-state index in [2.05, 4.69) is 6.08 Å². The lowest BCUT2D eigenvalue weighted by Gasteiger charge is -2.17. The molecule has 66 valence electrons. The molecule has 0 aromatic rings. The van der Waals surface area contributed by atoms with E-state index in [4.69, 9.17) is 0 Å². The fraction of sp³-hybridized carbons (Fsp3) is 0.200. The molecule has 0 N–H and O–H groups in total. The quantitative estimate of drug-likeness (QED) is 0.622. The molecule has 2 unspecified atom stereocenters. The highest BCUT2D eigenvalue weighted by Crippen LogP contribution is 2.36. The van der Waals surface area contributed by atoms with Gasteiger partial charge in [-0.1, -0.05) is 18.2 Å². The SMILES string of the molecule is O=CC1=CC2C=CSC2C=C1C=O. The van der Waals surface area contributed by atoms with Crippen LogP contribution in [0, 0.1) is 5.92 Å². The van der Waals surface area contributed by atoms with Crippen molar-refractivity contribution < 1.29 is 9.59 Å². The van der Waals surface area contributed by atoms with Gasteiger partial charge in [0.2, 0.25) is 0 Å². The summed E-state index contributed by atoms with van der Waals surface area (Å²) in [5.74, 6) is 0.286. The van der Waals surface area contributed by atoms with Gasteiger partial charge in [0.15, 0.2) is 0 Å². The molecule has 1 aliphatic heterocycles. The van der Waals surface area contributed by atoms with E-state index in [-0.39, 0.29) is 5.92 Å². The number of allylic oxidation sites excluding steroid dienone is 4. The van der Waals surface area contributed by atoms with Gasteiger partial charge in [-0.2, -0.15) is 0 Å². The lowest BCUT2D eigenvalue weighted by atomic mass is 9.91. The fourth-order valence-corrected chi connectivity index (χ4v) is 2.55. The molecule has 0 fully saturated rings. The van der Waals surface area contributed by atoms with Crippen molar-refractivity contribution in [3.05, 3.63) is 34.8 Å². The second-order valence-corrected chi connectivity index (χ2v) is 4.07. The zero-order valence-corrected chi connectivity index (χ0v) is 7.66. The minimum atomic E-state index is 0.286. The summed E-state index contributed by atoms with van der Waals surface area (Å²) in [6.07, 6.45) is 7.27. The van der Waals surface area contributed by atoms with Crippen molar-refractivity contribution in [3.8, 4) is 0 Å². The minimum absolute atomic E-state index is 0.286. The van der Waals surface area contributed by atoms with Crippen LogP contribution in [0.1, 0.15) is 0 Å². The molecule has 0 aromatic carbocycles. The summed E-state index contributed by atoms with van der Waals surface area (Å²) in [4.78, 5) is 21.2. The Balaban J connectivity index is 2.36. The van der Waals surface area contributed by atoms with Gasteiger partial charge < -0.3 is 0 Å². The molecule has 0 spiro atoms. The maximum absolute atomic E-state index is 10.6. The monoisotopic (exact) mass is 192 g/mol. The molecule has 0 radical (unpaired) electrons. The summed E-state index contributed by atoms with van der Waals surface area (Å²) in [6.45, 7) is 0. The zero-order chi connectivity index (χ0) is 9.26.